The van der Waals surface area contributed by atoms with E-state index in [0.29, 0.717) is 37.7 Å². The second-order valence-corrected chi connectivity index (χ2v) is 7.11. The van der Waals surface area contributed by atoms with Crippen molar-refractivity contribution in [2.75, 3.05) is 44.8 Å². The monoisotopic (exact) mass is 420 g/mol. The lowest BCUT2D eigenvalue weighted by Crippen LogP contribution is -2.50. The van der Waals surface area contributed by atoms with E-state index in [4.69, 9.17) is 9.47 Å². The van der Waals surface area contributed by atoms with Gasteiger partial charge in [0.25, 0.3) is 11.5 Å². The van der Waals surface area contributed by atoms with Crippen molar-refractivity contribution in [3.8, 4) is 17.2 Å². The zero-order chi connectivity index (χ0) is 21.6. The lowest BCUT2D eigenvalue weighted by atomic mass is 10.3. The highest BCUT2D eigenvalue weighted by molar-refractivity contribution is 5.78. The molecule has 1 aliphatic rings. The molecule has 0 N–H and O–H groups in total. The van der Waals surface area contributed by atoms with Gasteiger partial charge in [0.2, 0.25) is 0 Å². The Morgan fingerprint density at radius 3 is 2.26 bits per heavy atom. The number of benzene rings is 2. The van der Waals surface area contributed by atoms with Gasteiger partial charge >= 0.3 is 0 Å². The first-order chi connectivity index (χ1) is 15.1. The predicted octanol–water partition coefficient (Wildman–Crippen LogP) is 1.97. The Hall–Kier alpha value is -3.81. The highest BCUT2D eigenvalue weighted by Gasteiger charge is 2.22. The second kappa shape index (κ2) is 9.34. The maximum atomic E-state index is 12.5. The third-order valence-electron chi connectivity index (χ3n) is 5.17. The SMILES string of the molecule is COc1ccc(OCC(=O)N2CCN(c3ccc(=O)n(-c4ccccc4)n3)CC2)cc1. The van der Waals surface area contributed by atoms with E-state index in [1.165, 1.54) is 10.7 Å². The summed E-state index contributed by atoms with van der Waals surface area (Å²) in [5, 5.41) is 4.52. The molecular formula is C23H24N4O4. The van der Waals surface area contributed by atoms with Gasteiger partial charge in [-0.1, -0.05) is 18.2 Å². The summed E-state index contributed by atoms with van der Waals surface area (Å²) in [5.74, 6) is 2.02. The van der Waals surface area contributed by atoms with Crippen molar-refractivity contribution in [3.63, 3.8) is 0 Å². The first-order valence-electron chi connectivity index (χ1n) is 10.1. The van der Waals surface area contributed by atoms with Crippen LogP contribution in [-0.2, 0) is 4.79 Å². The number of aromatic nitrogens is 2. The van der Waals surface area contributed by atoms with Crippen LogP contribution in [0.3, 0.4) is 0 Å². The first kappa shape index (κ1) is 20.5. The van der Waals surface area contributed by atoms with Crippen LogP contribution >= 0.6 is 0 Å². The lowest BCUT2D eigenvalue weighted by molar-refractivity contribution is -0.133. The summed E-state index contributed by atoms with van der Waals surface area (Å²) in [5.41, 5.74) is 0.540. The number of rotatable bonds is 6. The van der Waals surface area contributed by atoms with Crippen LogP contribution in [0.4, 0.5) is 5.82 Å². The van der Waals surface area contributed by atoms with Crippen molar-refractivity contribution in [2.45, 2.75) is 0 Å². The summed E-state index contributed by atoms with van der Waals surface area (Å²) in [6.07, 6.45) is 0. The molecule has 8 nitrogen and oxygen atoms in total. The molecule has 2 heterocycles. The molecule has 1 amide bonds. The van der Waals surface area contributed by atoms with E-state index < -0.39 is 0 Å². The van der Waals surface area contributed by atoms with Crippen LogP contribution in [0.2, 0.25) is 0 Å². The van der Waals surface area contributed by atoms with Gasteiger partial charge in [-0.05, 0) is 42.5 Å². The minimum atomic E-state index is -0.181. The minimum Gasteiger partial charge on any atom is -0.497 e. The highest BCUT2D eigenvalue weighted by atomic mass is 16.5. The second-order valence-electron chi connectivity index (χ2n) is 7.11. The fourth-order valence-corrected chi connectivity index (χ4v) is 3.42. The molecule has 1 aliphatic heterocycles. The molecule has 160 valence electrons. The standard InChI is InChI=1S/C23H24N4O4/c1-30-19-7-9-20(10-8-19)31-17-23(29)26-15-13-25(14-16-26)21-11-12-22(28)27(24-21)18-5-3-2-4-6-18/h2-12H,13-17H2,1H3. The van der Waals surface area contributed by atoms with Crippen molar-refractivity contribution in [3.05, 3.63) is 77.1 Å². The van der Waals surface area contributed by atoms with Gasteiger partial charge < -0.3 is 19.3 Å². The van der Waals surface area contributed by atoms with Gasteiger partial charge in [0, 0.05) is 32.2 Å². The summed E-state index contributed by atoms with van der Waals surface area (Å²) in [4.78, 5) is 28.6. The number of carbonyl (C=O) groups is 1. The zero-order valence-corrected chi connectivity index (χ0v) is 17.3. The lowest BCUT2D eigenvalue weighted by Gasteiger charge is -2.35. The molecule has 3 aromatic rings. The van der Waals surface area contributed by atoms with E-state index in [0.717, 1.165) is 11.4 Å². The number of ether oxygens (including phenoxy) is 2. The largest absolute Gasteiger partial charge is 0.497 e. The summed E-state index contributed by atoms with van der Waals surface area (Å²) >= 11 is 0. The van der Waals surface area contributed by atoms with Crippen LogP contribution in [-0.4, -0.2) is 60.5 Å². The highest BCUT2D eigenvalue weighted by Crippen LogP contribution is 2.17. The van der Waals surface area contributed by atoms with Crippen LogP contribution in [0.1, 0.15) is 0 Å². The summed E-state index contributed by atoms with van der Waals surface area (Å²) in [6, 6.07) is 19.7. The Kier molecular flexibility index (Phi) is 6.16. The summed E-state index contributed by atoms with van der Waals surface area (Å²) in [6.45, 7) is 2.39. The molecule has 0 aliphatic carbocycles. The molecule has 0 radical (unpaired) electrons. The van der Waals surface area contributed by atoms with Crippen molar-refractivity contribution < 1.29 is 14.3 Å². The van der Waals surface area contributed by atoms with E-state index in [2.05, 4.69) is 10.00 Å². The number of anilines is 1. The van der Waals surface area contributed by atoms with Crippen molar-refractivity contribution in [1.29, 1.82) is 0 Å². The number of nitrogens with zero attached hydrogens (tertiary/aromatic N) is 4. The van der Waals surface area contributed by atoms with Crippen LogP contribution in [0.25, 0.3) is 5.69 Å². The molecule has 1 aromatic heterocycles. The average molecular weight is 420 g/mol. The maximum absolute atomic E-state index is 12.5. The minimum absolute atomic E-state index is 0.0105. The smallest absolute Gasteiger partial charge is 0.271 e. The normalized spacial score (nSPS) is 13.7. The number of para-hydroxylation sites is 1. The number of methoxy groups -OCH3 is 1. The Balaban J connectivity index is 1.34. The number of carbonyl (C=O) groups excluding carboxylic acids is 1. The van der Waals surface area contributed by atoms with E-state index in [-0.39, 0.29) is 18.1 Å². The molecule has 0 spiro atoms. The Bertz CT molecular complexity index is 1070. The number of piperazine rings is 1. The Labute approximate surface area is 180 Å². The molecule has 2 aromatic carbocycles. The van der Waals surface area contributed by atoms with Crippen molar-refractivity contribution in [2.24, 2.45) is 0 Å². The molecule has 0 saturated carbocycles. The summed E-state index contributed by atoms with van der Waals surface area (Å²) in [7, 11) is 1.60. The molecule has 0 unspecified atom stereocenters. The maximum Gasteiger partial charge on any atom is 0.271 e. The van der Waals surface area contributed by atoms with Crippen LogP contribution in [0.15, 0.2) is 71.5 Å². The van der Waals surface area contributed by atoms with E-state index in [9.17, 15) is 9.59 Å². The molecule has 1 fully saturated rings. The predicted molar refractivity (Wildman–Crippen MR) is 117 cm³/mol. The van der Waals surface area contributed by atoms with Crippen LogP contribution < -0.4 is 19.9 Å². The van der Waals surface area contributed by atoms with Gasteiger partial charge in [0.15, 0.2) is 6.61 Å². The average Bonchev–Trinajstić information content (AvgIpc) is 2.84. The van der Waals surface area contributed by atoms with Gasteiger partial charge in [0.05, 0.1) is 12.8 Å². The number of hydrogen-bond donors (Lipinski definition) is 0. The van der Waals surface area contributed by atoms with Gasteiger partial charge in [-0.25, -0.2) is 0 Å². The fourth-order valence-electron chi connectivity index (χ4n) is 3.42. The van der Waals surface area contributed by atoms with E-state index >= 15 is 0 Å². The molecular weight excluding hydrogens is 396 g/mol. The van der Waals surface area contributed by atoms with Crippen molar-refractivity contribution in [1.82, 2.24) is 14.7 Å². The van der Waals surface area contributed by atoms with E-state index in [1.807, 2.05) is 30.3 Å². The Morgan fingerprint density at radius 2 is 1.58 bits per heavy atom. The van der Waals surface area contributed by atoms with Crippen molar-refractivity contribution >= 4 is 11.7 Å². The first-order valence-corrected chi connectivity index (χ1v) is 10.1. The fraction of sp³-hybridized carbons (Fsp3) is 0.261. The topological polar surface area (TPSA) is 76.9 Å². The van der Waals surface area contributed by atoms with Gasteiger partial charge in [-0.2, -0.15) is 4.68 Å². The summed E-state index contributed by atoms with van der Waals surface area (Å²) < 4.78 is 12.1. The van der Waals surface area contributed by atoms with E-state index in [1.54, 1.807) is 42.3 Å². The van der Waals surface area contributed by atoms with Gasteiger partial charge in [-0.3, -0.25) is 9.59 Å². The third-order valence-corrected chi connectivity index (χ3v) is 5.17. The molecule has 8 heteroatoms. The third kappa shape index (κ3) is 4.85. The molecule has 0 bridgehead atoms. The molecule has 31 heavy (non-hydrogen) atoms. The van der Waals surface area contributed by atoms with Gasteiger partial charge in [0.1, 0.15) is 17.3 Å². The zero-order valence-electron chi connectivity index (χ0n) is 17.3. The Morgan fingerprint density at radius 1 is 0.903 bits per heavy atom. The molecule has 4 rings (SSSR count). The molecule has 0 atom stereocenters. The number of amides is 1. The molecule has 1 saturated heterocycles. The number of hydrogen-bond acceptors (Lipinski definition) is 6. The van der Waals surface area contributed by atoms with Crippen LogP contribution in [0.5, 0.6) is 11.5 Å². The van der Waals surface area contributed by atoms with Gasteiger partial charge in [-0.15, -0.1) is 5.10 Å². The van der Waals surface area contributed by atoms with Crippen LogP contribution in [0, 0.1) is 0 Å². The quantitative estimate of drug-likeness (QED) is 0.607.